The van der Waals surface area contributed by atoms with Gasteiger partial charge in [-0.25, -0.2) is 0 Å². The van der Waals surface area contributed by atoms with Crippen LogP contribution in [0.15, 0.2) is 63.8 Å². The highest BCUT2D eigenvalue weighted by molar-refractivity contribution is 7.78. The van der Waals surface area contributed by atoms with E-state index in [2.05, 4.69) is 20.4 Å². The van der Waals surface area contributed by atoms with Crippen molar-refractivity contribution in [1.29, 1.82) is 0 Å². The summed E-state index contributed by atoms with van der Waals surface area (Å²) in [6.45, 7) is 0.497. The number of nitrogens with zero attached hydrogens (tertiary/aromatic N) is 3. The van der Waals surface area contributed by atoms with Gasteiger partial charge in [0.1, 0.15) is 5.75 Å². The van der Waals surface area contributed by atoms with Gasteiger partial charge in [0, 0.05) is 17.0 Å². The summed E-state index contributed by atoms with van der Waals surface area (Å²) in [7, 11) is 0. The Morgan fingerprint density at radius 1 is 1.14 bits per heavy atom. The van der Waals surface area contributed by atoms with Gasteiger partial charge in [-0.15, -0.1) is 0 Å². The Morgan fingerprint density at radius 3 is 2.68 bits per heavy atom. The van der Waals surface area contributed by atoms with Crippen LogP contribution < -0.4 is 4.74 Å². The predicted octanol–water partition coefficient (Wildman–Crippen LogP) is 5.16. The number of thiocarbonyl (C=S) groups is 1. The van der Waals surface area contributed by atoms with Crippen LogP contribution in [0, 0.1) is 0 Å². The number of hydrogen-bond donors (Lipinski definition) is 0. The Labute approximate surface area is 138 Å². The molecule has 2 aromatic rings. The largest absolute Gasteiger partial charge is 0.493 e. The van der Waals surface area contributed by atoms with Gasteiger partial charge in [0.05, 0.1) is 17.5 Å². The topological polar surface area (TPSA) is 46.3 Å². The monoisotopic (exact) mass is 329 g/mol. The number of halogens is 1. The minimum Gasteiger partial charge on any atom is -0.493 e. The molecule has 0 aromatic heterocycles. The van der Waals surface area contributed by atoms with E-state index in [1.165, 1.54) is 0 Å². The fraction of sp³-hybridized carbons (Fsp3) is 0.188. The van der Waals surface area contributed by atoms with E-state index in [9.17, 15) is 0 Å². The zero-order chi connectivity index (χ0) is 15.4. The third-order valence-electron chi connectivity index (χ3n) is 3.41. The molecule has 3 rings (SSSR count). The van der Waals surface area contributed by atoms with E-state index < -0.39 is 5.66 Å². The number of ether oxygens (including phenoxy) is 1. The summed E-state index contributed by atoms with van der Waals surface area (Å²) < 4.78 is 5.65. The predicted molar refractivity (Wildman–Crippen MR) is 89.2 cm³/mol. The molecule has 1 aliphatic rings. The van der Waals surface area contributed by atoms with Crippen molar-refractivity contribution >= 4 is 34.7 Å². The molecule has 0 bridgehead atoms. The number of rotatable bonds is 3. The highest BCUT2D eigenvalue weighted by Gasteiger charge is 2.38. The lowest BCUT2D eigenvalue weighted by atomic mass is 9.94. The van der Waals surface area contributed by atoms with Crippen molar-refractivity contribution in [3.05, 3.63) is 59.1 Å². The van der Waals surface area contributed by atoms with E-state index in [1.54, 1.807) is 24.3 Å². The summed E-state index contributed by atoms with van der Waals surface area (Å²) in [5.74, 6) is 0.748. The van der Waals surface area contributed by atoms with Gasteiger partial charge < -0.3 is 4.74 Å². The van der Waals surface area contributed by atoms with Gasteiger partial charge in [0.15, 0.2) is 0 Å². The second-order valence-electron chi connectivity index (χ2n) is 4.79. The SMILES string of the molecule is S=C=NC1(N=Nc2ccc(Cl)cc2)CCOc2ccccc21. The van der Waals surface area contributed by atoms with Crippen molar-refractivity contribution in [1.82, 2.24) is 0 Å². The van der Waals surface area contributed by atoms with Crippen LogP contribution in [-0.2, 0) is 5.66 Å². The lowest BCUT2D eigenvalue weighted by Crippen LogP contribution is -2.28. The molecule has 2 aromatic carbocycles. The molecular formula is C16H12ClN3OS. The van der Waals surface area contributed by atoms with Crippen molar-refractivity contribution in [3.8, 4) is 5.75 Å². The molecule has 0 fully saturated rings. The van der Waals surface area contributed by atoms with Crippen LogP contribution in [0.2, 0.25) is 5.02 Å². The molecule has 0 radical (unpaired) electrons. The van der Waals surface area contributed by atoms with Crippen molar-refractivity contribution in [3.63, 3.8) is 0 Å². The highest BCUT2D eigenvalue weighted by Crippen LogP contribution is 2.41. The molecule has 0 saturated carbocycles. The van der Waals surface area contributed by atoms with E-state index in [0.29, 0.717) is 23.7 Å². The van der Waals surface area contributed by atoms with Crippen molar-refractivity contribution < 1.29 is 4.74 Å². The van der Waals surface area contributed by atoms with Gasteiger partial charge in [-0.2, -0.15) is 15.2 Å². The highest BCUT2D eigenvalue weighted by atomic mass is 35.5. The molecule has 1 atom stereocenters. The maximum atomic E-state index is 5.87. The number of para-hydroxylation sites is 1. The van der Waals surface area contributed by atoms with Crippen molar-refractivity contribution in [2.24, 2.45) is 15.2 Å². The van der Waals surface area contributed by atoms with Crippen LogP contribution in [0.4, 0.5) is 5.69 Å². The molecule has 22 heavy (non-hydrogen) atoms. The van der Waals surface area contributed by atoms with E-state index in [-0.39, 0.29) is 0 Å². The number of aliphatic imine (C=N–C) groups is 1. The van der Waals surface area contributed by atoms with Crippen LogP contribution in [-0.4, -0.2) is 11.8 Å². The molecule has 6 heteroatoms. The molecule has 110 valence electrons. The minimum absolute atomic E-state index is 0.497. The van der Waals surface area contributed by atoms with Gasteiger partial charge in [-0.05, 0) is 42.5 Å². The quantitative estimate of drug-likeness (QED) is 0.443. The lowest BCUT2D eigenvalue weighted by Gasteiger charge is -2.30. The zero-order valence-corrected chi connectivity index (χ0v) is 13.1. The van der Waals surface area contributed by atoms with Crippen LogP contribution in [0.25, 0.3) is 0 Å². The normalized spacial score (nSPS) is 20.0. The lowest BCUT2D eigenvalue weighted by molar-refractivity contribution is 0.219. The number of hydrogen-bond acceptors (Lipinski definition) is 5. The summed E-state index contributed by atoms with van der Waals surface area (Å²) in [6, 6.07) is 14.8. The molecule has 0 N–H and O–H groups in total. The number of azo groups is 1. The maximum Gasteiger partial charge on any atom is 0.212 e. The Kier molecular flexibility index (Phi) is 4.29. The summed E-state index contributed by atoms with van der Waals surface area (Å²) >= 11 is 10.7. The third-order valence-corrected chi connectivity index (χ3v) is 3.76. The number of fused-ring (bicyclic) bond motifs is 1. The molecule has 0 spiro atoms. The second-order valence-corrected chi connectivity index (χ2v) is 5.41. The Bertz CT molecular complexity index is 756. The van der Waals surface area contributed by atoms with E-state index in [1.807, 2.05) is 24.3 Å². The number of isothiocyanates is 1. The van der Waals surface area contributed by atoms with Crippen LogP contribution in [0.1, 0.15) is 12.0 Å². The Morgan fingerprint density at radius 2 is 1.91 bits per heavy atom. The molecule has 0 aliphatic carbocycles. The molecule has 1 unspecified atom stereocenters. The van der Waals surface area contributed by atoms with E-state index in [0.717, 1.165) is 11.3 Å². The number of benzene rings is 2. The zero-order valence-electron chi connectivity index (χ0n) is 11.6. The summed E-state index contributed by atoms with van der Waals surface area (Å²) in [5.41, 5.74) is 0.666. The van der Waals surface area contributed by atoms with Crippen molar-refractivity contribution in [2.45, 2.75) is 12.1 Å². The van der Waals surface area contributed by atoms with Gasteiger partial charge in [-0.3, -0.25) is 0 Å². The summed E-state index contributed by atoms with van der Waals surface area (Å²) in [5, 5.41) is 11.8. The Hall–Kier alpha value is -2.07. The van der Waals surface area contributed by atoms with Gasteiger partial charge in [0.2, 0.25) is 5.66 Å². The van der Waals surface area contributed by atoms with Crippen molar-refractivity contribution in [2.75, 3.05) is 6.61 Å². The van der Waals surface area contributed by atoms with Gasteiger partial charge in [0.25, 0.3) is 0 Å². The first kappa shape index (κ1) is 14.9. The maximum absolute atomic E-state index is 5.87. The average Bonchev–Trinajstić information content (AvgIpc) is 2.55. The third kappa shape index (κ3) is 2.92. The first-order valence-electron chi connectivity index (χ1n) is 6.73. The van der Waals surface area contributed by atoms with E-state index >= 15 is 0 Å². The Balaban J connectivity index is 2.03. The molecule has 0 saturated heterocycles. The van der Waals surface area contributed by atoms with Gasteiger partial charge >= 0.3 is 0 Å². The first-order chi connectivity index (χ1) is 10.7. The fourth-order valence-corrected chi connectivity index (χ4v) is 2.60. The van der Waals surface area contributed by atoms with Crippen LogP contribution >= 0.6 is 23.8 Å². The first-order valence-corrected chi connectivity index (χ1v) is 7.52. The molecular weight excluding hydrogens is 318 g/mol. The van der Waals surface area contributed by atoms with Gasteiger partial charge in [-0.1, -0.05) is 29.8 Å². The molecule has 1 heterocycles. The smallest absolute Gasteiger partial charge is 0.212 e. The molecule has 1 aliphatic heterocycles. The summed E-state index contributed by atoms with van der Waals surface area (Å²) in [6.07, 6.45) is 0.560. The minimum atomic E-state index is -0.879. The average molecular weight is 330 g/mol. The standard InChI is InChI=1S/C16H12ClN3OS/c17-12-5-7-13(8-6-12)19-20-16(18-11-22)9-10-21-15-4-2-1-3-14(15)16/h1-8H,9-10H2. The molecule has 0 amide bonds. The van der Waals surface area contributed by atoms with Crippen LogP contribution in [0.5, 0.6) is 5.75 Å². The second kappa shape index (κ2) is 6.36. The summed E-state index contributed by atoms with van der Waals surface area (Å²) in [4.78, 5) is 4.29. The van der Waals surface area contributed by atoms with E-state index in [4.69, 9.17) is 28.6 Å². The fourth-order valence-electron chi connectivity index (χ4n) is 2.33. The van der Waals surface area contributed by atoms with Crippen LogP contribution in [0.3, 0.4) is 0 Å². The molecule has 4 nitrogen and oxygen atoms in total.